The van der Waals surface area contributed by atoms with E-state index in [0.717, 1.165) is 22.9 Å². The molecule has 1 atom stereocenters. The number of halogens is 3. The van der Waals surface area contributed by atoms with E-state index in [1.165, 1.54) is 12.1 Å². The quantitative estimate of drug-likeness (QED) is 0.418. The highest BCUT2D eigenvalue weighted by atomic mass is 35.5. The van der Waals surface area contributed by atoms with Gasteiger partial charge in [0.05, 0.1) is 25.4 Å². The molecule has 0 aromatic heterocycles. The van der Waals surface area contributed by atoms with E-state index in [2.05, 4.69) is 4.90 Å². The summed E-state index contributed by atoms with van der Waals surface area (Å²) in [7, 11) is 1.63. The van der Waals surface area contributed by atoms with Gasteiger partial charge in [-0.1, -0.05) is 41.9 Å². The summed E-state index contributed by atoms with van der Waals surface area (Å²) in [5, 5.41) is 0.650. The third-order valence-electron chi connectivity index (χ3n) is 6.09. The van der Waals surface area contributed by atoms with E-state index in [4.69, 9.17) is 21.1 Å². The summed E-state index contributed by atoms with van der Waals surface area (Å²) in [6, 6.07) is 19.0. The van der Waals surface area contributed by atoms with E-state index < -0.39 is 17.5 Å². The lowest BCUT2D eigenvalue weighted by Gasteiger charge is -2.36. The van der Waals surface area contributed by atoms with Gasteiger partial charge in [-0.25, -0.2) is 8.78 Å². The van der Waals surface area contributed by atoms with Crippen LogP contribution in [0, 0.1) is 11.6 Å². The molecule has 4 rings (SSSR count). The normalized spacial score (nSPS) is 15.1. The van der Waals surface area contributed by atoms with Crippen LogP contribution in [0.2, 0.25) is 5.02 Å². The molecule has 0 unspecified atom stereocenters. The molecule has 3 aromatic rings. The predicted octanol–water partition coefficient (Wildman–Crippen LogP) is 5.34. The third-order valence-corrected chi connectivity index (χ3v) is 6.34. The number of rotatable bonds is 8. The topological polar surface area (TPSA) is 42.0 Å². The van der Waals surface area contributed by atoms with Crippen molar-refractivity contribution in [2.75, 3.05) is 39.8 Å². The minimum atomic E-state index is -1.10. The molecule has 1 amide bonds. The Kier molecular flexibility index (Phi) is 8.33. The number of hydrogen-bond acceptors (Lipinski definition) is 4. The van der Waals surface area contributed by atoms with Crippen molar-refractivity contribution in [2.24, 2.45) is 0 Å². The van der Waals surface area contributed by atoms with Crippen LogP contribution < -0.4 is 4.74 Å². The highest BCUT2D eigenvalue weighted by Crippen LogP contribution is 2.25. The van der Waals surface area contributed by atoms with Crippen LogP contribution >= 0.6 is 11.6 Å². The average molecular weight is 501 g/mol. The number of nitrogens with zero attached hydrogens (tertiary/aromatic N) is 2. The molecule has 8 heteroatoms. The maximum atomic E-state index is 14.1. The molecule has 1 aliphatic heterocycles. The fourth-order valence-electron chi connectivity index (χ4n) is 4.10. The number of piperazine rings is 1. The van der Waals surface area contributed by atoms with E-state index in [0.29, 0.717) is 44.4 Å². The van der Waals surface area contributed by atoms with Gasteiger partial charge in [-0.3, -0.25) is 9.69 Å². The first-order chi connectivity index (χ1) is 16.9. The van der Waals surface area contributed by atoms with E-state index in [1.54, 1.807) is 12.0 Å². The second kappa shape index (κ2) is 11.6. The minimum Gasteiger partial charge on any atom is -0.497 e. The zero-order valence-electron chi connectivity index (χ0n) is 19.4. The van der Waals surface area contributed by atoms with E-state index in [1.807, 2.05) is 48.5 Å². The van der Waals surface area contributed by atoms with Gasteiger partial charge in [0.2, 0.25) is 0 Å². The van der Waals surface area contributed by atoms with Crippen molar-refractivity contribution >= 4 is 17.5 Å². The van der Waals surface area contributed by atoms with Gasteiger partial charge in [-0.15, -0.1) is 0 Å². The van der Waals surface area contributed by atoms with E-state index in [9.17, 15) is 13.6 Å². The van der Waals surface area contributed by atoms with Crippen molar-refractivity contribution in [3.8, 4) is 5.75 Å². The largest absolute Gasteiger partial charge is 0.497 e. The summed E-state index contributed by atoms with van der Waals surface area (Å²) in [4.78, 5) is 16.5. The van der Waals surface area contributed by atoms with Crippen LogP contribution in [0.3, 0.4) is 0 Å². The molecule has 1 fully saturated rings. The Morgan fingerprint density at radius 3 is 2.43 bits per heavy atom. The lowest BCUT2D eigenvalue weighted by molar-refractivity contribution is 0.00332. The summed E-state index contributed by atoms with van der Waals surface area (Å²) in [5.74, 6) is -1.85. The zero-order valence-corrected chi connectivity index (χ0v) is 20.2. The summed E-state index contributed by atoms with van der Waals surface area (Å²) < 4.78 is 39.2. The van der Waals surface area contributed by atoms with Gasteiger partial charge in [-0.2, -0.15) is 0 Å². The molecule has 0 bridgehead atoms. The van der Waals surface area contributed by atoms with Crippen molar-refractivity contribution in [3.05, 3.63) is 100 Å². The summed E-state index contributed by atoms with van der Waals surface area (Å²) in [6.45, 7) is 3.03. The highest BCUT2D eigenvalue weighted by Gasteiger charge is 2.27. The molecule has 0 radical (unpaired) electrons. The lowest BCUT2D eigenvalue weighted by Crippen LogP contribution is -2.49. The van der Waals surface area contributed by atoms with E-state index in [-0.39, 0.29) is 11.7 Å². The molecule has 0 saturated carbocycles. The van der Waals surface area contributed by atoms with Crippen molar-refractivity contribution < 1.29 is 23.0 Å². The monoisotopic (exact) mass is 500 g/mol. The average Bonchev–Trinajstić information content (AvgIpc) is 2.89. The molecule has 3 aromatic carbocycles. The van der Waals surface area contributed by atoms with Crippen molar-refractivity contribution in [3.63, 3.8) is 0 Å². The van der Waals surface area contributed by atoms with Gasteiger partial charge >= 0.3 is 0 Å². The predicted molar refractivity (Wildman–Crippen MR) is 131 cm³/mol. The Hall–Kier alpha value is -3.00. The second-order valence-corrected chi connectivity index (χ2v) is 8.83. The fraction of sp³-hybridized carbons (Fsp3) is 0.296. The van der Waals surface area contributed by atoms with Crippen molar-refractivity contribution in [2.45, 2.75) is 12.7 Å². The number of carbonyl (C=O) groups excluding carboxylic acids is 1. The Morgan fingerprint density at radius 2 is 1.71 bits per heavy atom. The summed E-state index contributed by atoms with van der Waals surface area (Å²) >= 11 is 6.08. The van der Waals surface area contributed by atoms with Crippen molar-refractivity contribution in [1.82, 2.24) is 9.80 Å². The van der Waals surface area contributed by atoms with Crippen LogP contribution in [0.4, 0.5) is 8.78 Å². The maximum Gasteiger partial charge on any atom is 0.257 e. The molecular weight excluding hydrogens is 474 g/mol. The Balaban J connectivity index is 1.40. The minimum absolute atomic E-state index is 0.221. The zero-order chi connectivity index (χ0) is 24.8. The van der Waals surface area contributed by atoms with Crippen LogP contribution in [0.25, 0.3) is 0 Å². The SMILES string of the molecule is COc1cccc(CO[C@@H](CN2CCN(C(=O)c3cccc(F)c3F)CC2)c2ccc(Cl)cc2)c1. The van der Waals surface area contributed by atoms with Crippen molar-refractivity contribution in [1.29, 1.82) is 0 Å². The number of hydrogen-bond donors (Lipinski definition) is 0. The van der Waals surface area contributed by atoms with Crippen LogP contribution in [0.1, 0.15) is 27.6 Å². The molecule has 5 nitrogen and oxygen atoms in total. The van der Waals surface area contributed by atoms with Gasteiger partial charge in [0.1, 0.15) is 5.75 Å². The summed E-state index contributed by atoms with van der Waals surface area (Å²) in [6.07, 6.45) is -0.221. The first kappa shape index (κ1) is 25.1. The van der Waals surface area contributed by atoms with Gasteiger partial charge < -0.3 is 14.4 Å². The van der Waals surface area contributed by atoms with Crippen LogP contribution in [-0.2, 0) is 11.3 Å². The Morgan fingerprint density at radius 1 is 1.00 bits per heavy atom. The first-order valence-corrected chi connectivity index (χ1v) is 11.8. The number of methoxy groups -OCH3 is 1. The number of benzene rings is 3. The molecule has 1 heterocycles. The van der Waals surface area contributed by atoms with E-state index >= 15 is 0 Å². The highest BCUT2D eigenvalue weighted by molar-refractivity contribution is 6.30. The molecule has 0 aliphatic carbocycles. The first-order valence-electron chi connectivity index (χ1n) is 11.4. The van der Waals surface area contributed by atoms with Crippen LogP contribution in [0.15, 0.2) is 66.7 Å². The second-order valence-electron chi connectivity index (χ2n) is 8.40. The molecule has 0 N–H and O–H groups in total. The smallest absolute Gasteiger partial charge is 0.257 e. The Labute approximate surface area is 208 Å². The molecule has 1 aliphatic rings. The van der Waals surface area contributed by atoms with Gasteiger partial charge in [0.15, 0.2) is 11.6 Å². The molecule has 0 spiro atoms. The van der Waals surface area contributed by atoms with Gasteiger partial charge in [0.25, 0.3) is 5.91 Å². The number of carbonyl (C=O) groups is 1. The van der Waals surface area contributed by atoms with Crippen LogP contribution in [0.5, 0.6) is 5.75 Å². The molecular formula is C27H27ClF2N2O3. The number of ether oxygens (including phenoxy) is 2. The maximum absolute atomic E-state index is 14.1. The lowest BCUT2D eigenvalue weighted by atomic mass is 10.1. The molecule has 1 saturated heterocycles. The molecule has 184 valence electrons. The molecule has 35 heavy (non-hydrogen) atoms. The van der Waals surface area contributed by atoms with Gasteiger partial charge in [-0.05, 0) is 47.5 Å². The third kappa shape index (κ3) is 6.36. The summed E-state index contributed by atoms with van der Waals surface area (Å²) in [5.41, 5.74) is 1.76. The van der Waals surface area contributed by atoms with Crippen LogP contribution in [-0.4, -0.2) is 55.5 Å². The Bertz CT molecular complexity index is 1150. The fourth-order valence-corrected chi connectivity index (χ4v) is 4.22. The van der Waals surface area contributed by atoms with Gasteiger partial charge in [0, 0.05) is 37.7 Å². The number of amides is 1. The standard InChI is InChI=1S/C27H27ClF2N2O3/c1-34-22-5-2-4-19(16-22)18-35-25(20-8-10-21(28)11-9-20)17-31-12-14-32(15-13-31)27(33)23-6-3-7-24(29)26(23)30/h2-11,16,25H,12-15,17-18H2,1H3/t25-/m0/s1.